The normalized spacial score (nSPS) is 26.6. The summed E-state index contributed by atoms with van der Waals surface area (Å²) in [4.78, 5) is 0. The molecule has 1 radical (unpaired) electrons. The van der Waals surface area contributed by atoms with Crippen LogP contribution in [0.15, 0.2) is 0 Å². The van der Waals surface area contributed by atoms with Gasteiger partial charge in [0.15, 0.2) is 0 Å². The molecule has 0 N–H and O–H groups in total. The second-order valence-electron chi connectivity index (χ2n) is 7.92. The Balaban J connectivity index is 1.94. The standard InChI is InChI=1S/C20H38NO2/c1-5-19(3,22-17-13-9-7-10-14-17)21-20(4,6-2)23-18-15-11-8-12-16-18/h17-18H,5-16H2,1-4H3. The van der Waals surface area contributed by atoms with Crippen molar-refractivity contribution < 1.29 is 9.47 Å². The third kappa shape index (κ3) is 6.03. The molecule has 0 heterocycles. The van der Waals surface area contributed by atoms with Crippen LogP contribution in [0.4, 0.5) is 0 Å². The van der Waals surface area contributed by atoms with Crippen LogP contribution in [0.1, 0.15) is 105 Å². The molecule has 2 aliphatic carbocycles. The van der Waals surface area contributed by atoms with Gasteiger partial charge in [-0.2, -0.15) is 5.32 Å². The summed E-state index contributed by atoms with van der Waals surface area (Å²) in [6.45, 7) is 8.67. The minimum absolute atomic E-state index is 0.383. The molecule has 0 aliphatic heterocycles. The fourth-order valence-corrected chi connectivity index (χ4v) is 3.96. The zero-order valence-corrected chi connectivity index (χ0v) is 15.9. The van der Waals surface area contributed by atoms with Crippen molar-refractivity contribution in [3.8, 4) is 0 Å². The lowest BCUT2D eigenvalue weighted by Gasteiger charge is -2.42. The van der Waals surface area contributed by atoms with Gasteiger partial charge in [0.25, 0.3) is 0 Å². The van der Waals surface area contributed by atoms with E-state index >= 15 is 0 Å². The van der Waals surface area contributed by atoms with E-state index in [1.807, 2.05) is 0 Å². The van der Waals surface area contributed by atoms with Crippen LogP contribution < -0.4 is 5.32 Å². The van der Waals surface area contributed by atoms with Gasteiger partial charge in [-0.15, -0.1) is 0 Å². The largest absolute Gasteiger partial charge is 0.356 e. The zero-order valence-electron chi connectivity index (χ0n) is 15.9. The first-order chi connectivity index (χ1) is 11.0. The number of rotatable bonds is 8. The van der Waals surface area contributed by atoms with E-state index in [4.69, 9.17) is 14.8 Å². The van der Waals surface area contributed by atoms with Crippen molar-refractivity contribution in [1.29, 1.82) is 0 Å². The third-order valence-corrected chi connectivity index (χ3v) is 5.73. The van der Waals surface area contributed by atoms with Gasteiger partial charge in [0.2, 0.25) is 0 Å². The summed E-state index contributed by atoms with van der Waals surface area (Å²) in [6, 6.07) is 0. The fourth-order valence-electron chi connectivity index (χ4n) is 3.96. The Hall–Kier alpha value is -0.120. The summed E-state index contributed by atoms with van der Waals surface area (Å²) in [7, 11) is 0. The van der Waals surface area contributed by atoms with Crippen molar-refractivity contribution in [3.05, 3.63) is 0 Å². The van der Waals surface area contributed by atoms with E-state index in [2.05, 4.69) is 27.7 Å². The lowest BCUT2D eigenvalue weighted by atomic mass is 9.96. The molecule has 0 spiro atoms. The Morgan fingerprint density at radius 3 is 1.35 bits per heavy atom. The molecule has 23 heavy (non-hydrogen) atoms. The second kappa shape index (κ2) is 8.82. The molecule has 0 bridgehead atoms. The van der Waals surface area contributed by atoms with Crippen LogP contribution in [-0.4, -0.2) is 23.7 Å². The average Bonchev–Trinajstić information content (AvgIpc) is 2.56. The van der Waals surface area contributed by atoms with Crippen molar-refractivity contribution in [3.63, 3.8) is 0 Å². The van der Waals surface area contributed by atoms with Crippen LogP contribution in [0.25, 0.3) is 0 Å². The molecule has 2 unspecified atom stereocenters. The molecule has 3 heteroatoms. The second-order valence-corrected chi connectivity index (χ2v) is 7.92. The average molecular weight is 325 g/mol. The van der Waals surface area contributed by atoms with Gasteiger partial charge in [-0.1, -0.05) is 52.4 Å². The maximum absolute atomic E-state index is 6.47. The van der Waals surface area contributed by atoms with E-state index in [1.165, 1.54) is 64.2 Å². The highest BCUT2D eigenvalue weighted by molar-refractivity contribution is 4.84. The van der Waals surface area contributed by atoms with Gasteiger partial charge in [0.05, 0.1) is 12.2 Å². The van der Waals surface area contributed by atoms with E-state index in [0.717, 1.165) is 12.8 Å². The summed E-state index contributed by atoms with van der Waals surface area (Å²) in [6.07, 6.45) is 15.3. The zero-order chi connectivity index (χ0) is 16.8. The lowest BCUT2D eigenvalue weighted by molar-refractivity contribution is -0.196. The van der Waals surface area contributed by atoms with Gasteiger partial charge >= 0.3 is 0 Å². The van der Waals surface area contributed by atoms with Crippen molar-refractivity contribution >= 4 is 0 Å². The molecular formula is C20H38NO2. The topological polar surface area (TPSA) is 32.6 Å². The van der Waals surface area contributed by atoms with Crippen LogP contribution in [0.3, 0.4) is 0 Å². The number of hydrogen-bond acceptors (Lipinski definition) is 2. The SMILES string of the molecule is CCC(C)([N]C(C)(CC)OC1CCCCC1)OC1CCCCC1. The molecule has 0 aromatic heterocycles. The molecule has 135 valence electrons. The van der Waals surface area contributed by atoms with Crippen molar-refractivity contribution in [2.45, 2.75) is 128 Å². The Morgan fingerprint density at radius 1 is 0.696 bits per heavy atom. The molecule has 2 atom stereocenters. The molecule has 0 aromatic carbocycles. The van der Waals surface area contributed by atoms with Gasteiger partial charge in [0, 0.05) is 0 Å². The third-order valence-electron chi connectivity index (χ3n) is 5.73. The van der Waals surface area contributed by atoms with Gasteiger partial charge in [0.1, 0.15) is 11.4 Å². The van der Waals surface area contributed by atoms with Crippen LogP contribution >= 0.6 is 0 Å². The monoisotopic (exact) mass is 324 g/mol. The highest BCUT2D eigenvalue weighted by Crippen LogP contribution is 2.32. The molecule has 0 aromatic rings. The molecule has 2 rings (SSSR count). The maximum Gasteiger partial charge on any atom is 0.134 e. The van der Waals surface area contributed by atoms with Crippen molar-refractivity contribution in [2.24, 2.45) is 0 Å². The summed E-state index contributed by atoms with van der Waals surface area (Å²) in [5, 5.41) is 5.12. The van der Waals surface area contributed by atoms with Crippen molar-refractivity contribution in [1.82, 2.24) is 5.32 Å². The first-order valence-corrected chi connectivity index (χ1v) is 10.1. The van der Waals surface area contributed by atoms with Crippen LogP contribution in [0, 0.1) is 0 Å². The number of nitrogens with zero attached hydrogens (tertiary/aromatic N) is 1. The van der Waals surface area contributed by atoms with Gasteiger partial charge in [-0.3, -0.25) is 0 Å². The minimum atomic E-state index is -0.415. The first kappa shape index (κ1) is 19.2. The first-order valence-electron chi connectivity index (χ1n) is 10.1. The Morgan fingerprint density at radius 2 is 1.04 bits per heavy atom. The van der Waals surface area contributed by atoms with Crippen molar-refractivity contribution in [2.75, 3.05) is 0 Å². The predicted molar refractivity (Wildman–Crippen MR) is 95.4 cm³/mol. The molecule has 3 nitrogen and oxygen atoms in total. The molecule has 2 fully saturated rings. The van der Waals surface area contributed by atoms with E-state index in [0.29, 0.717) is 12.2 Å². The quantitative estimate of drug-likeness (QED) is 0.587. The number of ether oxygens (including phenoxy) is 2. The van der Waals surface area contributed by atoms with Gasteiger partial charge in [-0.25, -0.2) is 0 Å². The Labute approximate surface area is 143 Å². The van der Waals surface area contributed by atoms with E-state index in [9.17, 15) is 0 Å². The molecule has 2 aliphatic rings. The maximum atomic E-state index is 6.47. The smallest absolute Gasteiger partial charge is 0.134 e. The van der Waals surface area contributed by atoms with Crippen LogP contribution in [-0.2, 0) is 9.47 Å². The number of hydrogen-bond donors (Lipinski definition) is 0. The predicted octanol–water partition coefficient (Wildman–Crippen LogP) is 5.54. The van der Waals surface area contributed by atoms with Gasteiger partial charge in [-0.05, 0) is 52.4 Å². The van der Waals surface area contributed by atoms with Crippen LogP contribution in [0.5, 0.6) is 0 Å². The highest BCUT2D eigenvalue weighted by atomic mass is 16.6. The summed E-state index contributed by atoms with van der Waals surface area (Å²) < 4.78 is 12.9. The molecule has 2 saturated carbocycles. The highest BCUT2D eigenvalue weighted by Gasteiger charge is 2.39. The van der Waals surface area contributed by atoms with E-state index < -0.39 is 11.4 Å². The summed E-state index contributed by atoms with van der Waals surface area (Å²) in [5.74, 6) is 0. The van der Waals surface area contributed by atoms with Gasteiger partial charge < -0.3 is 9.47 Å². The Kier molecular flexibility index (Phi) is 7.37. The fraction of sp³-hybridized carbons (Fsp3) is 1.00. The summed E-state index contributed by atoms with van der Waals surface area (Å²) >= 11 is 0. The molecular weight excluding hydrogens is 286 g/mol. The molecule has 0 amide bonds. The minimum Gasteiger partial charge on any atom is -0.356 e. The van der Waals surface area contributed by atoms with E-state index in [1.54, 1.807) is 0 Å². The summed E-state index contributed by atoms with van der Waals surface area (Å²) in [5.41, 5.74) is -0.830. The van der Waals surface area contributed by atoms with Crippen LogP contribution in [0.2, 0.25) is 0 Å². The van der Waals surface area contributed by atoms with E-state index in [-0.39, 0.29) is 0 Å². The lowest BCUT2D eigenvalue weighted by Crippen LogP contribution is -2.54. The Bertz CT molecular complexity index is 305. The molecule has 0 saturated heterocycles.